The molecule has 0 aromatic rings. The molecular weight excluding hydrogens is 232 g/mol. The van der Waals surface area contributed by atoms with E-state index in [1.807, 2.05) is 0 Å². The number of hydrogen-bond donors (Lipinski definition) is 0. The van der Waals surface area contributed by atoms with Crippen LogP contribution in [0.4, 0.5) is 0 Å². The average molecular weight is 248 g/mol. The van der Waals surface area contributed by atoms with E-state index in [9.17, 15) is 9.59 Å². The number of ether oxygens (including phenoxy) is 2. The van der Waals surface area contributed by atoms with Gasteiger partial charge in [0.1, 0.15) is 0 Å². The first-order valence-corrected chi connectivity index (χ1v) is 6.88. The van der Waals surface area contributed by atoms with Crippen LogP contribution in [0.5, 0.6) is 0 Å². The molecule has 2 bridgehead atoms. The molecule has 0 radical (unpaired) electrons. The van der Waals surface area contributed by atoms with Gasteiger partial charge in [0.15, 0.2) is 0 Å². The van der Waals surface area contributed by atoms with Crippen LogP contribution in [0.1, 0.15) is 0 Å². The summed E-state index contributed by atoms with van der Waals surface area (Å²) in [5.74, 6) is 4.81. The molecule has 0 aliphatic heterocycles. The Balaban J connectivity index is 1.56. The van der Waals surface area contributed by atoms with E-state index in [1.165, 1.54) is 14.2 Å². The molecule has 4 heteroatoms. The SMILES string of the molecule is COC(=O)[C@H]1C2[C@H]3C4C5[C@@H]3C([C@H]5[C@H]42)[C@@H]1C(=O)OC. The van der Waals surface area contributed by atoms with Gasteiger partial charge in [0.25, 0.3) is 0 Å². The molecule has 4 nitrogen and oxygen atoms in total. The first-order chi connectivity index (χ1) is 8.72. The standard InChI is InChI=1S/C14H16O4/c1-17-13(15)11-9-5-3-4-7(5)10(8(4)6(3)9)12(11)14(16)18-2/h3-12H,1-2H3/t3?,4?,5-,6-,7-,8+,9?,10?,11-,12-/m0/s1. The van der Waals surface area contributed by atoms with E-state index in [4.69, 9.17) is 9.47 Å². The highest BCUT2D eigenvalue weighted by atomic mass is 16.5. The van der Waals surface area contributed by atoms with Gasteiger partial charge in [-0.05, 0) is 47.3 Å². The Morgan fingerprint density at radius 3 is 1.17 bits per heavy atom. The first kappa shape index (κ1) is 9.82. The minimum absolute atomic E-state index is 0.189. The Hall–Kier alpha value is -1.06. The van der Waals surface area contributed by atoms with Gasteiger partial charge in [-0.25, -0.2) is 0 Å². The molecule has 6 aliphatic carbocycles. The number of carbonyl (C=O) groups is 2. The zero-order valence-electron chi connectivity index (χ0n) is 10.4. The van der Waals surface area contributed by atoms with E-state index < -0.39 is 0 Å². The van der Waals surface area contributed by atoms with Crippen molar-refractivity contribution in [3.05, 3.63) is 0 Å². The number of methoxy groups -OCH3 is 2. The molecule has 6 fully saturated rings. The number of carbonyl (C=O) groups excluding carboxylic acids is 2. The summed E-state index contributed by atoms with van der Waals surface area (Å²) in [5, 5.41) is 0. The lowest BCUT2D eigenvalue weighted by Gasteiger charge is -2.94. The monoisotopic (exact) mass is 248 g/mol. The fourth-order valence-electron chi connectivity index (χ4n) is 6.87. The Bertz CT molecular complexity index is 422. The number of rotatable bonds is 2. The summed E-state index contributed by atoms with van der Waals surface area (Å²) in [6.07, 6.45) is 0. The normalized spacial score (nSPS) is 63.4. The molecule has 4 unspecified atom stereocenters. The molecule has 0 aromatic heterocycles. The predicted octanol–water partition coefficient (Wildman–Crippen LogP) is 0.562. The molecule has 0 saturated heterocycles. The highest BCUT2D eigenvalue weighted by Crippen LogP contribution is 2.93. The maximum atomic E-state index is 12.1. The van der Waals surface area contributed by atoms with E-state index in [0.717, 1.165) is 35.5 Å². The average Bonchev–Trinajstić information content (AvgIpc) is 2.36. The largest absolute Gasteiger partial charge is 0.469 e. The molecule has 96 valence electrons. The van der Waals surface area contributed by atoms with E-state index in [-0.39, 0.29) is 23.8 Å². The Labute approximate surface area is 105 Å². The van der Waals surface area contributed by atoms with Crippen molar-refractivity contribution in [2.45, 2.75) is 0 Å². The smallest absolute Gasteiger partial charge is 0.309 e. The van der Waals surface area contributed by atoms with Gasteiger partial charge in [-0.2, -0.15) is 0 Å². The summed E-state index contributed by atoms with van der Waals surface area (Å²) >= 11 is 0. The fourth-order valence-corrected chi connectivity index (χ4v) is 6.87. The summed E-state index contributed by atoms with van der Waals surface area (Å²) < 4.78 is 9.90. The van der Waals surface area contributed by atoms with E-state index in [1.54, 1.807) is 0 Å². The van der Waals surface area contributed by atoms with Crippen molar-refractivity contribution in [2.24, 2.45) is 59.2 Å². The third kappa shape index (κ3) is 0.648. The Kier molecular flexibility index (Phi) is 1.42. The minimum atomic E-state index is -0.215. The van der Waals surface area contributed by atoms with Crippen LogP contribution in [0.3, 0.4) is 0 Å². The van der Waals surface area contributed by atoms with Gasteiger partial charge < -0.3 is 9.47 Å². The maximum absolute atomic E-state index is 12.1. The van der Waals surface area contributed by atoms with Crippen LogP contribution in [0.25, 0.3) is 0 Å². The predicted molar refractivity (Wildman–Crippen MR) is 58.9 cm³/mol. The third-order valence-corrected chi connectivity index (χ3v) is 7.05. The fraction of sp³-hybridized carbons (Fsp3) is 0.857. The van der Waals surface area contributed by atoms with Gasteiger partial charge in [-0.3, -0.25) is 9.59 Å². The van der Waals surface area contributed by atoms with Crippen molar-refractivity contribution in [2.75, 3.05) is 14.2 Å². The number of esters is 2. The van der Waals surface area contributed by atoms with Crippen LogP contribution in [0.2, 0.25) is 0 Å². The zero-order chi connectivity index (χ0) is 12.3. The lowest BCUT2D eigenvalue weighted by Crippen LogP contribution is -2.93. The number of hydrogen-bond acceptors (Lipinski definition) is 4. The molecule has 10 atom stereocenters. The number of fused-ring (bicyclic) bond motifs is 1. The summed E-state index contributed by atoms with van der Waals surface area (Å²) in [5.41, 5.74) is 0. The lowest BCUT2D eigenvalue weighted by atomic mass is 9.09. The zero-order valence-corrected chi connectivity index (χ0v) is 10.4. The maximum Gasteiger partial charge on any atom is 0.309 e. The molecule has 0 amide bonds. The van der Waals surface area contributed by atoms with Gasteiger partial charge >= 0.3 is 11.9 Å². The summed E-state index contributed by atoms with van der Waals surface area (Å²) in [7, 11) is 2.86. The summed E-state index contributed by atoms with van der Waals surface area (Å²) in [4.78, 5) is 24.1. The molecule has 0 aromatic carbocycles. The van der Waals surface area contributed by atoms with Crippen LogP contribution in [-0.2, 0) is 19.1 Å². The quantitative estimate of drug-likeness (QED) is 0.670. The van der Waals surface area contributed by atoms with Crippen LogP contribution in [-0.4, -0.2) is 26.2 Å². The van der Waals surface area contributed by atoms with E-state index in [2.05, 4.69) is 0 Å². The highest BCUT2D eigenvalue weighted by molar-refractivity contribution is 5.84. The second-order valence-electron chi connectivity index (χ2n) is 6.72. The molecular formula is C14H16O4. The molecule has 6 rings (SSSR count). The van der Waals surface area contributed by atoms with Crippen molar-refractivity contribution in [3.8, 4) is 0 Å². The van der Waals surface area contributed by atoms with Crippen LogP contribution in [0.15, 0.2) is 0 Å². The van der Waals surface area contributed by atoms with Crippen molar-refractivity contribution >= 4 is 11.9 Å². The topological polar surface area (TPSA) is 52.6 Å². The van der Waals surface area contributed by atoms with Crippen molar-refractivity contribution in [1.29, 1.82) is 0 Å². The van der Waals surface area contributed by atoms with E-state index in [0.29, 0.717) is 11.8 Å². The lowest BCUT2D eigenvalue weighted by molar-refractivity contribution is -0.479. The third-order valence-electron chi connectivity index (χ3n) is 7.05. The second-order valence-corrected chi connectivity index (χ2v) is 6.72. The molecule has 0 heterocycles. The molecule has 0 N–H and O–H groups in total. The van der Waals surface area contributed by atoms with Gasteiger partial charge in [-0.15, -0.1) is 0 Å². The minimum Gasteiger partial charge on any atom is -0.469 e. The van der Waals surface area contributed by atoms with Crippen molar-refractivity contribution in [3.63, 3.8) is 0 Å². The van der Waals surface area contributed by atoms with Gasteiger partial charge in [0.2, 0.25) is 0 Å². The van der Waals surface area contributed by atoms with Crippen LogP contribution in [0, 0.1) is 59.2 Å². The van der Waals surface area contributed by atoms with Crippen molar-refractivity contribution < 1.29 is 19.1 Å². The second kappa shape index (κ2) is 2.61. The van der Waals surface area contributed by atoms with Crippen LogP contribution < -0.4 is 0 Å². The first-order valence-electron chi connectivity index (χ1n) is 6.88. The molecule has 6 aliphatic rings. The van der Waals surface area contributed by atoms with E-state index >= 15 is 0 Å². The highest BCUT2D eigenvalue weighted by Gasteiger charge is 2.92. The van der Waals surface area contributed by atoms with Gasteiger partial charge in [0.05, 0.1) is 26.1 Å². The summed E-state index contributed by atoms with van der Waals surface area (Å²) in [6.45, 7) is 0. The Morgan fingerprint density at radius 1 is 0.611 bits per heavy atom. The summed E-state index contributed by atoms with van der Waals surface area (Å²) in [6, 6.07) is 0. The molecule has 0 spiro atoms. The van der Waals surface area contributed by atoms with Crippen molar-refractivity contribution in [1.82, 2.24) is 0 Å². The Morgan fingerprint density at radius 2 is 0.889 bits per heavy atom. The van der Waals surface area contributed by atoms with Crippen LogP contribution >= 0.6 is 0 Å². The van der Waals surface area contributed by atoms with Gasteiger partial charge in [-0.1, -0.05) is 0 Å². The van der Waals surface area contributed by atoms with Gasteiger partial charge in [0, 0.05) is 0 Å². The molecule has 18 heavy (non-hydrogen) atoms. The molecule has 6 saturated carbocycles.